The molecule has 0 spiro atoms. The van der Waals surface area contributed by atoms with E-state index in [9.17, 15) is 0 Å². The Morgan fingerprint density at radius 1 is 1.23 bits per heavy atom. The fourth-order valence-corrected chi connectivity index (χ4v) is 2.15. The summed E-state index contributed by atoms with van der Waals surface area (Å²) in [5.41, 5.74) is 0.374. The van der Waals surface area contributed by atoms with Crippen molar-refractivity contribution in [2.45, 2.75) is 65.8 Å². The molecule has 0 saturated carbocycles. The van der Waals surface area contributed by atoms with Crippen LogP contribution in [0.5, 0.6) is 0 Å². The van der Waals surface area contributed by atoms with Gasteiger partial charge < -0.3 is 5.32 Å². The first-order chi connectivity index (χ1) is 6.08. The van der Waals surface area contributed by atoms with Crippen LogP contribution < -0.4 is 5.32 Å². The van der Waals surface area contributed by atoms with Crippen LogP contribution in [0.4, 0.5) is 0 Å². The van der Waals surface area contributed by atoms with Gasteiger partial charge >= 0.3 is 0 Å². The van der Waals surface area contributed by atoms with Crippen LogP contribution in [0.1, 0.15) is 60.3 Å². The van der Waals surface area contributed by atoms with Gasteiger partial charge in [0.05, 0.1) is 0 Å². The molecule has 0 aliphatic heterocycles. The lowest BCUT2D eigenvalue weighted by Crippen LogP contribution is -2.43. The van der Waals surface area contributed by atoms with Crippen molar-refractivity contribution >= 4 is 0 Å². The van der Waals surface area contributed by atoms with Crippen LogP contribution in [0.15, 0.2) is 0 Å². The number of nitrogens with one attached hydrogen (secondary N) is 1. The second kappa shape index (κ2) is 6.42. The first-order valence-corrected chi connectivity index (χ1v) is 5.83. The highest BCUT2D eigenvalue weighted by Gasteiger charge is 2.23. The third-order valence-electron chi connectivity index (χ3n) is 2.90. The van der Waals surface area contributed by atoms with Crippen LogP contribution >= 0.6 is 0 Å². The largest absolute Gasteiger partial charge is 0.312 e. The smallest absolute Gasteiger partial charge is 0.0155 e. The quantitative estimate of drug-likeness (QED) is 0.639. The van der Waals surface area contributed by atoms with E-state index in [2.05, 4.69) is 39.9 Å². The van der Waals surface area contributed by atoms with Gasteiger partial charge in [0.25, 0.3) is 0 Å². The van der Waals surface area contributed by atoms with Crippen LogP contribution in [-0.4, -0.2) is 12.1 Å². The molecule has 0 unspecified atom stereocenters. The van der Waals surface area contributed by atoms with E-state index in [0.29, 0.717) is 5.54 Å². The van der Waals surface area contributed by atoms with E-state index in [-0.39, 0.29) is 0 Å². The van der Waals surface area contributed by atoms with E-state index in [1.54, 1.807) is 0 Å². The van der Waals surface area contributed by atoms with Crippen molar-refractivity contribution in [3.63, 3.8) is 0 Å². The predicted octanol–water partition coefficient (Wildman–Crippen LogP) is 3.59. The standard InChI is InChI=1S/C12H27N/c1-6-9-12(5,13-8-3)10-11(4)7-2/h11,13H,6-10H2,1-5H3/t11-,12-/m0/s1. The molecule has 0 aliphatic carbocycles. The number of hydrogen-bond acceptors (Lipinski definition) is 1. The monoisotopic (exact) mass is 185 g/mol. The van der Waals surface area contributed by atoms with Gasteiger partial charge in [0.2, 0.25) is 0 Å². The zero-order valence-electron chi connectivity index (χ0n) is 10.1. The second-order valence-electron chi connectivity index (χ2n) is 4.56. The van der Waals surface area contributed by atoms with Crippen LogP contribution in [0, 0.1) is 5.92 Å². The first-order valence-electron chi connectivity index (χ1n) is 5.83. The summed E-state index contributed by atoms with van der Waals surface area (Å²) in [6.45, 7) is 12.6. The van der Waals surface area contributed by atoms with Crippen molar-refractivity contribution < 1.29 is 0 Å². The Labute approximate surface area is 84.3 Å². The molecule has 80 valence electrons. The lowest BCUT2D eigenvalue weighted by Gasteiger charge is -2.33. The maximum absolute atomic E-state index is 3.63. The number of hydrogen-bond donors (Lipinski definition) is 1. The highest BCUT2D eigenvalue weighted by Crippen LogP contribution is 2.23. The Morgan fingerprint density at radius 2 is 1.85 bits per heavy atom. The summed E-state index contributed by atoms with van der Waals surface area (Å²) >= 11 is 0. The van der Waals surface area contributed by atoms with E-state index in [4.69, 9.17) is 0 Å². The molecule has 0 rings (SSSR count). The van der Waals surface area contributed by atoms with Gasteiger partial charge in [-0.2, -0.15) is 0 Å². The Morgan fingerprint density at radius 3 is 2.23 bits per heavy atom. The van der Waals surface area contributed by atoms with E-state index < -0.39 is 0 Å². The van der Waals surface area contributed by atoms with Crippen molar-refractivity contribution in [2.75, 3.05) is 6.54 Å². The van der Waals surface area contributed by atoms with Gasteiger partial charge in [-0.1, -0.05) is 40.5 Å². The van der Waals surface area contributed by atoms with Crippen molar-refractivity contribution in [1.82, 2.24) is 5.32 Å². The topological polar surface area (TPSA) is 12.0 Å². The minimum absolute atomic E-state index is 0.374. The summed E-state index contributed by atoms with van der Waals surface area (Å²) in [7, 11) is 0. The van der Waals surface area contributed by atoms with Gasteiger partial charge in [0.1, 0.15) is 0 Å². The predicted molar refractivity (Wildman–Crippen MR) is 61.1 cm³/mol. The molecule has 0 aromatic heterocycles. The molecule has 0 amide bonds. The number of rotatable bonds is 7. The summed E-state index contributed by atoms with van der Waals surface area (Å²) in [5.74, 6) is 0.843. The zero-order chi connectivity index (χ0) is 10.3. The van der Waals surface area contributed by atoms with Gasteiger partial charge in [0, 0.05) is 5.54 Å². The van der Waals surface area contributed by atoms with Crippen LogP contribution in [-0.2, 0) is 0 Å². The zero-order valence-corrected chi connectivity index (χ0v) is 10.1. The summed E-state index contributed by atoms with van der Waals surface area (Å²) in [6.07, 6.45) is 5.18. The third kappa shape index (κ3) is 5.30. The lowest BCUT2D eigenvalue weighted by molar-refractivity contribution is 0.264. The van der Waals surface area contributed by atoms with Crippen LogP contribution in [0.25, 0.3) is 0 Å². The molecule has 0 aliphatic rings. The Kier molecular flexibility index (Phi) is 6.40. The lowest BCUT2D eigenvalue weighted by atomic mass is 9.85. The average Bonchev–Trinajstić information content (AvgIpc) is 2.04. The van der Waals surface area contributed by atoms with Crippen molar-refractivity contribution in [1.29, 1.82) is 0 Å². The maximum Gasteiger partial charge on any atom is 0.0155 e. The highest BCUT2D eigenvalue weighted by molar-refractivity contribution is 4.83. The average molecular weight is 185 g/mol. The van der Waals surface area contributed by atoms with Gasteiger partial charge in [-0.05, 0) is 32.2 Å². The van der Waals surface area contributed by atoms with Crippen LogP contribution in [0.3, 0.4) is 0 Å². The molecule has 1 nitrogen and oxygen atoms in total. The third-order valence-corrected chi connectivity index (χ3v) is 2.90. The molecule has 0 radical (unpaired) electrons. The molecule has 0 saturated heterocycles. The summed E-state index contributed by atoms with van der Waals surface area (Å²) < 4.78 is 0. The summed E-state index contributed by atoms with van der Waals surface area (Å²) in [4.78, 5) is 0. The fourth-order valence-electron chi connectivity index (χ4n) is 2.15. The molecule has 0 fully saturated rings. The molecule has 2 atom stereocenters. The molecule has 0 aromatic rings. The van der Waals surface area contributed by atoms with Gasteiger partial charge in [-0.3, -0.25) is 0 Å². The van der Waals surface area contributed by atoms with Gasteiger partial charge in [-0.25, -0.2) is 0 Å². The Balaban J connectivity index is 4.05. The Hall–Kier alpha value is -0.0400. The normalized spacial score (nSPS) is 18.2. The van der Waals surface area contributed by atoms with E-state index in [1.165, 1.54) is 25.7 Å². The molecule has 0 bridgehead atoms. The molecule has 0 heterocycles. The summed E-state index contributed by atoms with van der Waals surface area (Å²) in [5, 5.41) is 3.63. The van der Waals surface area contributed by atoms with Gasteiger partial charge in [-0.15, -0.1) is 0 Å². The fraction of sp³-hybridized carbons (Fsp3) is 1.00. The van der Waals surface area contributed by atoms with E-state index in [1.807, 2.05) is 0 Å². The van der Waals surface area contributed by atoms with Crippen LogP contribution in [0.2, 0.25) is 0 Å². The van der Waals surface area contributed by atoms with Crippen molar-refractivity contribution in [2.24, 2.45) is 5.92 Å². The van der Waals surface area contributed by atoms with E-state index >= 15 is 0 Å². The minimum atomic E-state index is 0.374. The minimum Gasteiger partial charge on any atom is -0.312 e. The molecule has 1 heteroatoms. The SMILES string of the molecule is CCC[C@@](C)(C[C@@H](C)CC)NCC. The molecule has 0 aromatic carbocycles. The maximum atomic E-state index is 3.63. The Bertz CT molecular complexity index is 114. The van der Waals surface area contributed by atoms with E-state index in [0.717, 1.165) is 12.5 Å². The second-order valence-corrected chi connectivity index (χ2v) is 4.56. The summed E-state index contributed by atoms with van der Waals surface area (Å²) in [6, 6.07) is 0. The molecular formula is C12H27N. The highest BCUT2D eigenvalue weighted by atomic mass is 15.0. The molecular weight excluding hydrogens is 158 g/mol. The first kappa shape index (κ1) is 13.0. The molecule has 1 N–H and O–H groups in total. The van der Waals surface area contributed by atoms with Crippen molar-refractivity contribution in [3.8, 4) is 0 Å². The molecule has 13 heavy (non-hydrogen) atoms. The van der Waals surface area contributed by atoms with Gasteiger partial charge in [0.15, 0.2) is 0 Å². The van der Waals surface area contributed by atoms with Crippen molar-refractivity contribution in [3.05, 3.63) is 0 Å².